The first-order valence-corrected chi connectivity index (χ1v) is 8.88. The van der Waals surface area contributed by atoms with Gasteiger partial charge in [-0.1, -0.05) is 6.07 Å². The van der Waals surface area contributed by atoms with E-state index in [0.717, 1.165) is 30.8 Å². The molecule has 27 heavy (non-hydrogen) atoms. The summed E-state index contributed by atoms with van der Waals surface area (Å²) in [7, 11) is 1.79. The quantitative estimate of drug-likeness (QED) is 0.716. The summed E-state index contributed by atoms with van der Waals surface area (Å²) in [5.74, 6) is 0.459. The summed E-state index contributed by atoms with van der Waals surface area (Å²) in [5, 5.41) is 15.6. The smallest absolute Gasteiger partial charge is 0.244 e. The number of piperidine rings is 1. The molecule has 0 aliphatic carbocycles. The van der Waals surface area contributed by atoms with Crippen LogP contribution in [0.1, 0.15) is 30.0 Å². The predicted octanol–water partition coefficient (Wildman–Crippen LogP) is 1.97. The second-order valence-corrected chi connectivity index (χ2v) is 6.82. The summed E-state index contributed by atoms with van der Waals surface area (Å²) in [4.78, 5) is 14.2. The van der Waals surface area contributed by atoms with E-state index in [1.807, 2.05) is 30.5 Å². The first kappa shape index (κ1) is 19.3. The van der Waals surface area contributed by atoms with Gasteiger partial charge in [-0.25, -0.2) is 4.63 Å². The number of aromatic nitrogens is 4. The van der Waals surface area contributed by atoms with E-state index in [9.17, 15) is 4.79 Å². The van der Waals surface area contributed by atoms with Gasteiger partial charge in [0.2, 0.25) is 5.91 Å². The number of hydrogen-bond donors (Lipinski definition) is 1. The largest absolute Gasteiger partial charge is 0.340 e. The zero-order valence-electron chi connectivity index (χ0n) is 15.2. The molecule has 0 radical (unpaired) electrons. The molecule has 0 saturated carbocycles. The van der Waals surface area contributed by atoms with Crippen molar-refractivity contribution in [3.63, 3.8) is 0 Å². The minimum atomic E-state index is 0. The van der Waals surface area contributed by atoms with Gasteiger partial charge in [0.05, 0.1) is 5.69 Å². The molecule has 1 amide bonds. The lowest BCUT2D eigenvalue weighted by molar-refractivity contribution is -0.131. The highest BCUT2D eigenvalue weighted by atomic mass is 35.5. The third-order valence-corrected chi connectivity index (χ3v) is 4.84. The summed E-state index contributed by atoms with van der Waals surface area (Å²) in [5.41, 5.74) is 3.46. The fourth-order valence-corrected chi connectivity index (χ4v) is 3.33. The Morgan fingerprint density at radius 3 is 3.00 bits per heavy atom. The number of nitrogens with zero attached hydrogens (tertiary/aromatic N) is 5. The maximum atomic E-state index is 12.5. The van der Waals surface area contributed by atoms with Crippen LogP contribution in [-0.4, -0.2) is 51.0 Å². The number of nitrogens with one attached hydrogen (secondary N) is 1. The SMILES string of the molecule is CN(Cc1ccc2nonc2c1)C(=O)Cn1ccc(C2CCCNC2)n1.Cl. The summed E-state index contributed by atoms with van der Waals surface area (Å²) < 4.78 is 6.44. The third-order valence-electron chi connectivity index (χ3n) is 4.84. The van der Waals surface area contributed by atoms with E-state index < -0.39 is 0 Å². The van der Waals surface area contributed by atoms with Crippen molar-refractivity contribution < 1.29 is 9.42 Å². The Kier molecular flexibility index (Phi) is 6.08. The molecule has 144 valence electrons. The lowest BCUT2D eigenvalue weighted by Gasteiger charge is -2.21. The number of halogens is 1. The van der Waals surface area contributed by atoms with E-state index in [4.69, 9.17) is 4.63 Å². The van der Waals surface area contributed by atoms with Gasteiger partial charge < -0.3 is 10.2 Å². The van der Waals surface area contributed by atoms with Gasteiger partial charge in [0.15, 0.2) is 0 Å². The normalized spacial score (nSPS) is 16.9. The van der Waals surface area contributed by atoms with Gasteiger partial charge in [0.25, 0.3) is 0 Å². The molecule has 9 heteroatoms. The minimum absolute atomic E-state index is 0. The first-order chi connectivity index (χ1) is 12.7. The Labute approximate surface area is 163 Å². The molecule has 2 aromatic heterocycles. The van der Waals surface area contributed by atoms with Gasteiger partial charge in [-0.3, -0.25) is 9.48 Å². The van der Waals surface area contributed by atoms with Gasteiger partial charge in [0.1, 0.15) is 17.6 Å². The van der Waals surface area contributed by atoms with Crippen LogP contribution in [0.5, 0.6) is 0 Å². The predicted molar refractivity (Wildman–Crippen MR) is 103 cm³/mol. The third kappa shape index (κ3) is 4.45. The van der Waals surface area contributed by atoms with Crippen LogP contribution in [0.15, 0.2) is 35.1 Å². The molecule has 3 aromatic rings. The molecule has 3 heterocycles. The Bertz CT molecular complexity index is 902. The molecule has 1 aliphatic rings. The number of amides is 1. The van der Waals surface area contributed by atoms with Crippen LogP contribution >= 0.6 is 12.4 Å². The molecule has 4 rings (SSSR count). The summed E-state index contributed by atoms with van der Waals surface area (Å²) in [6.45, 7) is 2.79. The van der Waals surface area contributed by atoms with Crippen molar-refractivity contribution in [1.29, 1.82) is 0 Å². The highest BCUT2D eigenvalue weighted by Crippen LogP contribution is 2.21. The molecular weight excluding hydrogens is 368 g/mol. The van der Waals surface area contributed by atoms with Gasteiger partial charge in [-0.15, -0.1) is 12.4 Å². The Morgan fingerprint density at radius 2 is 2.19 bits per heavy atom. The summed E-state index contributed by atoms with van der Waals surface area (Å²) >= 11 is 0. The Morgan fingerprint density at radius 1 is 1.33 bits per heavy atom. The minimum Gasteiger partial charge on any atom is -0.340 e. The fourth-order valence-electron chi connectivity index (χ4n) is 3.33. The molecule has 1 N–H and O–H groups in total. The number of carbonyl (C=O) groups excluding carboxylic acids is 1. The van der Waals surface area contributed by atoms with Crippen LogP contribution < -0.4 is 5.32 Å². The fraction of sp³-hybridized carbons (Fsp3) is 0.444. The lowest BCUT2D eigenvalue weighted by Crippen LogP contribution is -2.30. The lowest BCUT2D eigenvalue weighted by atomic mass is 9.97. The molecule has 0 bridgehead atoms. The van der Waals surface area contributed by atoms with Crippen LogP contribution in [0.3, 0.4) is 0 Å². The van der Waals surface area contributed by atoms with Crippen molar-refractivity contribution in [2.75, 3.05) is 20.1 Å². The molecule has 1 aliphatic heterocycles. The van der Waals surface area contributed by atoms with Crippen molar-refractivity contribution in [2.45, 2.75) is 31.8 Å². The van der Waals surface area contributed by atoms with E-state index in [0.29, 0.717) is 23.5 Å². The van der Waals surface area contributed by atoms with Crippen molar-refractivity contribution in [1.82, 2.24) is 30.3 Å². The number of rotatable bonds is 5. The molecule has 1 aromatic carbocycles. The molecule has 1 atom stereocenters. The molecule has 0 spiro atoms. The van der Waals surface area contributed by atoms with Gasteiger partial charge >= 0.3 is 0 Å². The average Bonchev–Trinajstić information content (AvgIpc) is 3.31. The molecule has 1 saturated heterocycles. The topological polar surface area (TPSA) is 89.1 Å². The van der Waals surface area contributed by atoms with Crippen molar-refractivity contribution in [2.24, 2.45) is 0 Å². The number of fused-ring (bicyclic) bond motifs is 1. The maximum absolute atomic E-state index is 12.5. The Hall–Kier alpha value is -2.45. The zero-order valence-corrected chi connectivity index (χ0v) is 16.0. The first-order valence-electron chi connectivity index (χ1n) is 8.88. The summed E-state index contributed by atoms with van der Waals surface area (Å²) in [6.07, 6.45) is 4.21. The van der Waals surface area contributed by atoms with Crippen molar-refractivity contribution in [3.8, 4) is 0 Å². The van der Waals surface area contributed by atoms with Crippen LogP contribution in [0.2, 0.25) is 0 Å². The zero-order chi connectivity index (χ0) is 17.9. The van der Waals surface area contributed by atoms with Crippen LogP contribution in [0.25, 0.3) is 11.0 Å². The number of likely N-dealkylation sites (N-methyl/N-ethyl adjacent to an activating group) is 1. The van der Waals surface area contributed by atoms with Crippen LogP contribution in [0, 0.1) is 0 Å². The second kappa shape index (κ2) is 8.49. The average molecular weight is 391 g/mol. The van der Waals surface area contributed by atoms with Crippen LogP contribution in [0.4, 0.5) is 0 Å². The molecule has 1 unspecified atom stereocenters. The number of hydrogen-bond acceptors (Lipinski definition) is 6. The molecule has 1 fully saturated rings. The van der Waals surface area contributed by atoms with E-state index in [2.05, 4.69) is 20.7 Å². The number of carbonyl (C=O) groups is 1. The maximum Gasteiger partial charge on any atom is 0.244 e. The monoisotopic (exact) mass is 390 g/mol. The highest BCUT2D eigenvalue weighted by molar-refractivity contribution is 5.85. The van der Waals surface area contributed by atoms with E-state index in [1.165, 1.54) is 6.42 Å². The van der Waals surface area contributed by atoms with Crippen molar-refractivity contribution in [3.05, 3.63) is 41.7 Å². The van der Waals surface area contributed by atoms with Crippen LogP contribution in [-0.2, 0) is 17.9 Å². The second-order valence-electron chi connectivity index (χ2n) is 6.82. The molecule has 8 nitrogen and oxygen atoms in total. The van der Waals surface area contributed by atoms with E-state index in [-0.39, 0.29) is 24.9 Å². The summed E-state index contributed by atoms with van der Waals surface area (Å²) in [6, 6.07) is 7.68. The van der Waals surface area contributed by atoms with E-state index >= 15 is 0 Å². The van der Waals surface area contributed by atoms with E-state index in [1.54, 1.807) is 16.6 Å². The highest BCUT2D eigenvalue weighted by Gasteiger charge is 2.18. The van der Waals surface area contributed by atoms with Gasteiger partial charge in [-0.2, -0.15) is 5.10 Å². The standard InChI is InChI=1S/C18H22N6O2.ClH/c1-23(11-13-4-5-16-17(9-13)22-26-21-16)18(25)12-24-8-6-15(20-24)14-3-2-7-19-10-14;/h4-6,8-9,14,19H,2-3,7,10-12H2,1H3;1H. The van der Waals surface area contributed by atoms with Gasteiger partial charge in [-0.05, 0) is 53.5 Å². The Balaban J connectivity index is 0.00000210. The van der Waals surface area contributed by atoms with Gasteiger partial charge in [0, 0.05) is 32.3 Å². The van der Waals surface area contributed by atoms with Crippen molar-refractivity contribution >= 4 is 29.3 Å². The molecular formula is C18H23ClN6O2. The number of benzene rings is 1.